The molecule has 0 aliphatic carbocycles. The van der Waals surface area contributed by atoms with Crippen LogP contribution >= 0.6 is 0 Å². The molecule has 0 spiro atoms. The van der Waals surface area contributed by atoms with Crippen molar-refractivity contribution in [2.45, 2.75) is 26.3 Å². The number of nitrogens with zero attached hydrogens (tertiary/aromatic N) is 2. The number of hydrogen-bond acceptors (Lipinski definition) is 4. The van der Waals surface area contributed by atoms with Crippen molar-refractivity contribution in [3.63, 3.8) is 0 Å². The van der Waals surface area contributed by atoms with Crippen LogP contribution in [0, 0.1) is 6.92 Å². The van der Waals surface area contributed by atoms with Gasteiger partial charge in [0.2, 0.25) is 0 Å². The van der Waals surface area contributed by atoms with Crippen molar-refractivity contribution in [3.8, 4) is 0 Å². The smallest absolute Gasteiger partial charge is 0.330 e. The first-order valence-corrected chi connectivity index (χ1v) is 4.49. The van der Waals surface area contributed by atoms with E-state index in [1.54, 1.807) is 17.8 Å². The predicted octanol–water partition coefficient (Wildman–Crippen LogP) is 0.898. The van der Waals surface area contributed by atoms with Crippen molar-refractivity contribution >= 4 is 11.7 Å². The lowest BCUT2D eigenvalue weighted by Gasteiger charge is -2.12. The second-order valence-corrected chi connectivity index (χ2v) is 3.10. The summed E-state index contributed by atoms with van der Waals surface area (Å²) in [5.74, 6) is -0.296. The molecule has 0 fully saturated rings. The van der Waals surface area contributed by atoms with E-state index >= 15 is 0 Å². The van der Waals surface area contributed by atoms with Gasteiger partial charge in [0.15, 0.2) is 0 Å². The van der Waals surface area contributed by atoms with Crippen molar-refractivity contribution in [1.29, 1.82) is 0 Å². The van der Waals surface area contributed by atoms with Crippen LogP contribution in [0.5, 0.6) is 0 Å². The monoisotopic (exact) mass is 197 g/mol. The normalized spacial score (nSPS) is 12.5. The van der Waals surface area contributed by atoms with Gasteiger partial charge in [-0.25, -0.2) is 4.79 Å². The number of hydrogen-bond donors (Lipinski definition) is 1. The molecule has 0 radical (unpaired) electrons. The Kier molecular flexibility index (Phi) is 3.11. The Balaban J connectivity index is 2.95. The van der Waals surface area contributed by atoms with Gasteiger partial charge in [0.1, 0.15) is 6.04 Å². The van der Waals surface area contributed by atoms with Crippen molar-refractivity contribution in [2.24, 2.45) is 0 Å². The van der Waals surface area contributed by atoms with E-state index < -0.39 is 0 Å². The van der Waals surface area contributed by atoms with Crippen LogP contribution in [0.15, 0.2) is 6.20 Å². The number of rotatable bonds is 3. The lowest BCUT2D eigenvalue weighted by atomic mass is 10.2. The van der Waals surface area contributed by atoms with Crippen LogP contribution in [0.25, 0.3) is 0 Å². The third kappa shape index (κ3) is 1.86. The second-order valence-electron chi connectivity index (χ2n) is 3.10. The number of aromatic nitrogens is 2. The molecule has 1 atom stereocenters. The van der Waals surface area contributed by atoms with E-state index in [1.165, 1.54) is 7.11 Å². The third-order valence-electron chi connectivity index (χ3n) is 2.13. The molecule has 2 N–H and O–H groups in total. The largest absolute Gasteiger partial charge is 0.467 e. The maximum atomic E-state index is 11.3. The van der Waals surface area contributed by atoms with Crippen LogP contribution < -0.4 is 5.73 Å². The summed E-state index contributed by atoms with van der Waals surface area (Å²) < 4.78 is 6.22. The summed E-state index contributed by atoms with van der Waals surface area (Å²) >= 11 is 0. The lowest BCUT2D eigenvalue weighted by molar-refractivity contribution is -0.145. The molecule has 5 nitrogen and oxygen atoms in total. The maximum Gasteiger partial charge on any atom is 0.330 e. The zero-order valence-corrected chi connectivity index (χ0v) is 8.65. The minimum absolute atomic E-state index is 0.296. The Morgan fingerprint density at radius 2 is 2.43 bits per heavy atom. The van der Waals surface area contributed by atoms with E-state index in [-0.39, 0.29) is 12.0 Å². The van der Waals surface area contributed by atoms with E-state index in [0.29, 0.717) is 12.1 Å². The van der Waals surface area contributed by atoms with Gasteiger partial charge in [0.05, 0.1) is 18.5 Å². The van der Waals surface area contributed by atoms with Gasteiger partial charge in [0.25, 0.3) is 0 Å². The Hall–Kier alpha value is -1.52. The van der Waals surface area contributed by atoms with Crippen molar-refractivity contribution in [1.82, 2.24) is 9.78 Å². The number of ether oxygens (including phenoxy) is 1. The van der Waals surface area contributed by atoms with Crippen LogP contribution in [0.4, 0.5) is 5.69 Å². The molecule has 0 amide bonds. The number of aryl methyl sites for hydroxylation is 1. The minimum atomic E-state index is -0.379. The molecular weight excluding hydrogens is 182 g/mol. The molecule has 0 aromatic carbocycles. The topological polar surface area (TPSA) is 70.1 Å². The number of anilines is 1. The molecule has 0 saturated carbocycles. The Morgan fingerprint density at radius 3 is 2.79 bits per heavy atom. The Morgan fingerprint density at radius 1 is 1.79 bits per heavy atom. The summed E-state index contributed by atoms with van der Waals surface area (Å²) in [5.41, 5.74) is 6.96. The fraction of sp³-hybridized carbons (Fsp3) is 0.556. The summed E-state index contributed by atoms with van der Waals surface area (Å²) in [6.45, 7) is 3.70. The lowest BCUT2D eigenvalue weighted by Crippen LogP contribution is -2.20. The molecule has 14 heavy (non-hydrogen) atoms. The van der Waals surface area contributed by atoms with E-state index in [4.69, 9.17) is 5.73 Å². The van der Waals surface area contributed by atoms with Crippen molar-refractivity contribution in [2.75, 3.05) is 12.8 Å². The number of carbonyl (C=O) groups excluding carboxylic acids is 1. The number of nitrogen functional groups attached to an aromatic ring is 1. The van der Waals surface area contributed by atoms with Crippen LogP contribution in [0.2, 0.25) is 0 Å². The highest BCUT2D eigenvalue weighted by Crippen LogP contribution is 2.16. The molecule has 1 heterocycles. The van der Waals surface area contributed by atoms with Gasteiger partial charge in [-0.1, -0.05) is 6.92 Å². The van der Waals surface area contributed by atoms with Gasteiger partial charge in [-0.2, -0.15) is 5.10 Å². The average molecular weight is 197 g/mol. The molecule has 1 aromatic heterocycles. The molecule has 1 rings (SSSR count). The van der Waals surface area contributed by atoms with E-state index in [9.17, 15) is 4.79 Å². The van der Waals surface area contributed by atoms with Gasteiger partial charge in [0, 0.05) is 6.20 Å². The zero-order valence-electron chi connectivity index (χ0n) is 8.65. The fourth-order valence-corrected chi connectivity index (χ4v) is 1.25. The molecule has 78 valence electrons. The molecule has 1 unspecified atom stereocenters. The summed E-state index contributed by atoms with van der Waals surface area (Å²) in [5, 5.41) is 4.14. The first-order chi connectivity index (χ1) is 6.60. The Bertz CT molecular complexity index is 313. The van der Waals surface area contributed by atoms with Crippen LogP contribution in [-0.4, -0.2) is 22.9 Å². The third-order valence-corrected chi connectivity index (χ3v) is 2.13. The molecule has 5 heteroatoms. The molecule has 0 aliphatic rings. The highest BCUT2D eigenvalue weighted by atomic mass is 16.5. The van der Waals surface area contributed by atoms with Crippen LogP contribution in [0.3, 0.4) is 0 Å². The molecule has 0 bridgehead atoms. The number of carbonyl (C=O) groups is 1. The number of nitrogens with two attached hydrogens (primary N) is 1. The molecule has 0 aliphatic heterocycles. The average Bonchev–Trinajstić information content (AvgIpc) is 2.48. The quantitative estimate of drug-likeness (QED) is 0.731. The Labute approximate surface area is 82.8 Å². The second kappa shape index (κ2) is 4.13. The summed E-state index contributed by atoms with van der Waals surface area (Å²) in [4.78, 5) is 11.3. The van der Waals surface area contributed by atoms with Crippen LogP contribution in [-0.2, 0) is 9.53 Å². The standard InChI is InChI=1S/C9H15N3O2/c1-4-8(9(13)14-3)12-5-7(10)6(2)11-12/h5,8H,4,10H2,1-3H3. The maximum absolute atomic E-state index is 11.3. The SMILES string of the molecule is CCC(C(=O)OC)n1cc(N)c(C)n1. The van der Waals surface area contributed by atoms with E-state index in [2.05, 4.69) is 9.84 Å². The molecule has 1 aromatic rings. The van der Waals surface area contributed by atoms with Crippen molar-refractivity contribution < 1.29 is 9.53 Å². The molecule has 0 saturated heterocycles. The highest BCUT2D eigenvalue weighted by Gasteiger charge is 2.20. The van der Waals surface area contributed by atoms with Crippen molar-refractivity contribution in [3.05, 3.63) is 11.9 Å². The van der Waals surface area contributed by atoms with Gasteiger partial charge < -0.3 is 10.5 Å². The van der Waals surface area contributed by atoms with E-state index in [1.807, 2.05) is 6.92 Å². The van der Waals surface area contributed by atoms with Gasteiger partial charge in [-0.15, -0.1) is 0 Å². The summed E-state index contributed by atoms with van der Waals surface area (Å²) in [7, 11) is 1.37. The van der Waals surface area contributed by atoms with Gasteiger partial charge >= 0.3 is 5.97 Å². The first-order valence-electron chi connectivity index (χ1n) is 4.49. The van der Waals surface area contributed by atoms with Gasteiger partial charge in [-0.05, 0) is 13.3 Å². The van der Waals surface area contributed by atoms with Gasteiger partial charge in [-0.3, -0.25) is 4.68 Å². The zero-order chi connectivity index (χ0) is 10.7. The minimum Gasteiger partial charge on any atom is -0.467 e. The summed E-state index contributed by atoms with van der Waals surface area (Å²) in [6, 6.07) is -0.379. The summed E-state index contributed by atoms with van der Waals surface area (Å²) in [6.07, 6.45) is 2.29. The van der Waals surface area contributed by atoms with Crippen LogP contribution in [0.1, 0.15) is 25.1 Å². The first kappa shape index (κ1) is 10.6. The predicted molar refractivity (Wildman–Crippen MR) is 52.7 cm³/mol. The molecular formula is C9H15N3O2. The highest BCUT2D eigenvalue weighted by molar-refractivity contribution is 5.74. The van der Waals surface area contributed by atoms with E-state index in [0.717, 1.165) is 5.69 Å². The fourth-order valence-electron chi connectivity index (χ4n) is 1.25. The number of methoxy groups -OCH3 is 1. The number of esters is 1.